The lowest BCUT2D eigenvalue weighted by atomic mass is 9.92. The van der Waals surface area contributed by atoms with E-state index in [0.29, 0.717) is 11.7 Å². The van der Waals surface area contributed by atoms with Gasteiger partial charge in [0.05, 0.1) is 11.9 Å². The molecular weight excluding hydrogens is 390 g/mol. The summed E-state index contributed by atoms with van der Waals surface area (Å²) >= 11 is 5.47. The van der Waals surface area contributed by atoms with E-state index >= 15 is 0 Å². The van der Waals surface area contributed by atoms with Crippen LogP contribution in [0, 0.1) is 11.8 Å². The number of nitrogens with zero attached hydrogens (tertiary/aromatic N) is 3. The van der Waals surface area contributed by atoms with Gasteiger partial charge in [0.2, 0.25) is 0 Å². The summed E-state index contributed by atoms with van der Waals surface area (Å²) in [5.74, 6) is 2.49. The Bertz CT molecular complexity index is 820. The third-order valence-corrected chi connectivity index (χ3v) is 6.31. The van der Waals surface area contributed by atoms with Crippen molar-refractivity contribution in [3.8, 4) is 0 Å². The van der Waals surface area contributed by atoms with Gasteiger partial charge in [-0.25, -0.2) is 4.98 Å². The molecule has 2 unspecified atom stereocenters. The molecule has 3 heterocycles. The van der Waals surface area contributed by atoms with Gasteiger partial charge in [-0.2, -0.15) is 0 Å². The standard InChI is InChI=1S/C24H33N5S/c1-18-13-19(2)17-29(16-18)23-10-7-21(15-25-23)27-24(30)26-14-20-5-8-22(9-6-20)28-11-3-4-12-28/h5-10,15,18-19H,3-4,11-14,16-17H2,1-2H3,(H2,26,27,30). The van der Waals surface area contributed by atoms with Crippen LogP contribution < -0.4 is 20.4 Å². The molecule has 0 amide bonds. The number of pyridine rings is 1. The quantitative estimate of drug-likeness (QED) is 0.683. The Labute approximate surface area is 185 Å². The van der Waals surface area contributed by atoms with Gasteiger partial charge >= 0.3 is 0 Å². The smallest absolute Gasteiger partial charge is 0.171 e. The van der Waals surface area contributed by atoms with Crippen LogP contribution in [0.4, 0.5) is 17.2 Å². The molecule has 0 radical (unpaired) electrons. The van der Waals surface area contributed by atoms with Crippen molar-refractivity contribution in [2.75, 3.05) is 41.3 Å². The Morgan fingerprint density at radius 1 is 1.00 bits per heavy atom. The fourth-order valence-electron chi connectivity index (χ4n) is 4.65. The normalized spacial score (nSPS) is 21.5. The van der Waals surface area contributed by atoms with Crippen LogP contribution in [0.2, 0.25) is 0 Å². The second-order valence-corrected chi connectivity index (χ2v) is 9.33. The minimum atomic E-state index is 0.619. The number of piperidine rings is 1. The molecule has 0 saturated carbocycles. The number of thiocarbonyl (C=S) groups is 1. The number of hydrogen-bond donors (Lipinski definition) is 2. The summed E-state index contributed by atoms with van der Waals surface area (Å²) in [5.41, 5.74) is 3.46. The maximum absolute atomic E-state index is 5.47. The minimum Gasteiger partial charge on any atom is -0.372 e. The number of rotatable bonds is 5. The summed E-state index contributed by atoms with van der Waals surface area (Å²) in [6.45, 7) is 9.87. The summed E-state index contributed by atoms with van der Waals surface area (Å²) in [7, 11) is 0. The summed E-state index contributed by atoms with van der Waals surface area (Å²) in [6.07, 6.45) is 5.78. The second-order valence-electron chi connectivity index (χ2n) is 8.92. The lowest BCUT2D eigenvalue weighted by Gasteiger charge is -2.35. The molecule has 6 heteroatoms. The molecule has 0 aliphatic carbocycles. The molecular formula is C24H33N5S. The van der Waals surface area contributed by atoms with E-state index in [-0.39, 0.29) is 0 Å². The molecule has 2 aliphatic heterocycles. The molecule has 1 aromatic carbocycles. The molecule has 2 atom stereocenters. The number of benzene rings is 1. The van der Waals surface area contributed by atoms with Crippen molar-refractivity contribution in [2.45, 2.75) is 39.7 Å². The first-order valence-corrected chi connectivity index (χ1v) is 11.6. The van der Waals surface area contributed by atoms with E-state index < -0.39 is 0 Å². The summed E-state index contributed by atoms with van der Waals surface area (Å²) in [5, 5.41) is 7.16. The van der Waals surface area contributed by atoms with Crippen LogP contribution in [0.25, 0.3) is 0 Å². The lowest BCUT2D eigenvalue weighted by molar-refractivity contribution is 0.355. The predicted octanol–water partition coefficient (Wildman–Crippen LogP) is 4.65. The lowest BCUT2D eigenvalue weighted by Crippen LogP contribution is -2.39. The summed E-state index contributed by atoms with van der Waals surface area (Å²) in [6, 6.07) is 12.9. The van der Waals surface area contributed by atoms with E-state index in [0.717, 1.165) is 36.4 Å². The van der Waals surface area contributed by atoms with Crippen LogP contribution in [0.3, 0.4) is 0 Å². The fraction of sp³-hybridized carbons (Fsp3) is 0.500. The molecule has 0 spiro atoms. The first-order valence-electron chi connectivity index (χ1n) is 11.2. The number of anilines is 3. The maximum Gasteiger partial charge on any atom is 0.171 e. The topological polar surface area (TPSA) is 43.4 Å². The zero-order chi connectivity index (χ0) is 20.9. The van der Waals surface area contributed by atoms with E-state index in [4.69, 9.17) is 12.2 Å². The van der Waals surface area contributed by atoms with Crippen LogP contribution in [0.1, 0.15) is 38.7 Å². The Hall–Kier alpha value is -2.34. The zero-order valence-corrected chi connectivity index (χ0v) is 18.9. The van der Waals surface area contributed by atoms with Gasteiger partial charge in [-0.3, -0.25) is 0 Å². The number of aromatic nitrogens is 1. The van der Waals surface area contributed by atoms with Crippen molar-refractivity contribution in [3.63, 3.8) is 0 Å². The van der Waals surface area contributed by atoms with Crippen molar-refractivity contribution in [1.82, 2.24) is 10.3 Å². The Morgan fingerprint density at radius 3 is 2.33 bits per heavy atom. The monoisotopic (exact) mass is 423 g/mol. The van der Waals surface area contributed by atoms with Gasteiger partial charge in [-0.05, 0) is 73.1 Å². The molecule has 4 rings (SSSR count). The van der Waals surface area contributed by atoms with Gasteiger partial charge in [0.15, 0.2) is 5.11 Å². The van der Waals surface area contributed by atoms with Gasteiger partial charge < -0.3 is 20.4 Å². The number of nitrogens with one attached hydrogen (secondary N) is 2. The highest BCUT2D eigenvalue weighted by Gasteiger charge is 2.22. The Kier molecular flexibility index (Phi) is 6.72. The van der Waals surface area contributed by atoms with Gasteiger partial charge in [0, 0.05) is 38.4 Å². The average Bonchev–Trinajstić information content (AvgIpc) is 3.27. The maximum atomic E-state index is 5.47. The Balaban J connectivity index is 1.25. The molecule has 5 nitrogen and oxygen atoms in total. The van der Waals surface area contributed by atoms with Crippen molar-refractivity contribution >= 4 is 34.5 Å². The third-order valence-electron chi connectivity index (χ3n) is 6.06. The summed E-state index contributed by atoms with van der Waals surface area (Å²) < 4.78 is 0. The molecule has 160 valence electrons. The van der Waals surface area contributed by atoms with E-state index in [2.05, 4.69) is 75.7 Å². The second kappa shape index (κ2) is 9.65. The Morgan fingerprint density at radius 2 is 1.70 bits per heavy atom. The molecule has 2 aliphatic rings. The summed E-state index contributed by atoms with van der Waals surface area (Å²) in [4.78, 5) is 9.50. The predicted molar refractivity (Wildman–Crippen MR) is 130 cm³/mol. The van der Waals surface area contributed by atoms with Gasteiger partial charge in [0.25, 0.3) is 0 Å². The van der Waals surface area contributed by atoms with Crippen molar-refractivity contribution in [2.24, 2.45) is 11.8 Å². The number of hydrogen-bond acceptors (Lipinski definition) is 4. The minimum absolute atomic E-state index is 0.619. The van der Waals surface area contributed by atoms with Gasteiger partial charge in [-0.1, -0.05) is 26.0 Å². The van der Waals surface area contributed by atoms with Crippen LogP contribution in [0.5, 0.6) is 0 Å². The van der Waals surface area contributed by atoms with Crippen molar-refractivity contribution < 1.29 is 0 Å². The highest BCUT2D eigenvalue weighted by atomic mass is 32.1. The first kappa shape index (κ1) is 20.9. The highest BCUT2D eigenvalue weighted by molar-refractivity contribution is 7.80. The molecule has 1 aromatic heterocycles. The highest BCUT2D eigenvalue weighted by Crippen LogP contribution is 2.25. The largest absolute Gasteiger partial charge is 0.372 e. The van der Waals surface area contributed by atoms with Crippen LogP contribution in [0.15, 0.2) is 42.6 Å². The van der Waals surface area contributed by atoms with Gasteiger partial charge in [-0.15, -0.1) is 0 Å². The molecule has 2 saturated heterocycles. The first-order chi connectivity index (χ1) is 14.6. The van der Waals surface area contributed by atoms with Crippen LogP contribution in [-0.4, -0.2) is 36.3 Å². The van der Waals surface area contributed by atoms with Crippen molar-refractivity contribution in [3.05, 3.63) is 48.2 Å². The molecule has 30 heavy (non-hydrogen) atoms. The van der Waals surface area contributed by atoms with Crippen molar-refractivity contribution in [1.29, 1.82) is 0 Å². The van der Waals surface area contributed by atoms with E-state index in [1.54, 1.807) is 0 Å². The molecule has 2 fully saturated rings. The fourth-order valence-corrected chi connectivity index (χ4v) is 4.84. The zero-order valence-electron chi connectivity index (χ0n) is 18.1. The van der Waals surface area contributed by atoms with Crippen LogP contribution in [-0.2, 0) is 6.54 Å². The molecule has 0 bridgehead atoms. The molecule has 2 aromatic rings. The third kappa shape index (κ3) is 5.42. The SMILES string of the molecule is CC1CC(C)CN(c2ccc(NC(=S)NCc3ccc(N4CCCC4)cc3)cn2)C1. The average molecular weight is 424 g/mol. The van der Waals surface area contributed by atoms with E-state index in [1.807, 2.05) is 6.20 Å². The van der Waals surface area contributed by atoms with Gasteiger partial charge in [0.1, 0.15) is 5.82 Å². The molecule has 2 N–H and O–H groups in total. The van der Waals surface area contributed by atoms with Crippen LogP contribution >= 0.6 is 12.2 Å². The van der Waals surface area contributed by atoms with E-state index in [1.165, 1.54) is 43.6 Å². The van der Waals surface area contributed by atoms with E-state index in [9.17, 15) is 0 Å².